The molecule has 18 heavy (non-hydrogen) atoms. The Hall–Kier alpha value is -1.64. The van der Waals surface area contributed by atoms with Crippen LogP contribution in [-0.4, -0.2) is 17.7 Å². The summed E-state index contributed by atoms with van der Waals surface area (Å²) in [5, 5.41) is 2.75. The Bertz CT molecular complexity index is 418. The van der Waals surface area contributed by atoms with E-state index in [1.165, 1.54) is 6.92 Å². The number of carbonyl (C=O) groups excluding carboxylic acids is 2. The van der Waals surface area contributed by atoms with E-state index >= 15 is 0 Å². The number of Topliss-reactive ketones (excluding diaryl/α,β-unsaturated/α-hetero) is 1. The Balaban J connectivity index is 2.86. The van der Waals surface area contributed by atoms with Crippen LogP contribution >= 0.6 is 0 Å². The fraction of sp³-hybridized carbons (Fsp3) is 0.467. The van der Waals surface area contributed by atoms with Gasteiger partial charge in [-0.3, -0.25) is 9.59 Å². The van der Waals surface area contributed by atoms with Crippen LogP contribution in [0, 0.1) is 5.41 Å². The van der Waals surface area contributed by atoms with E-state index in [1.807, 2.05) is 51.1 Å². The third-order valence-corrected chi connectivity index (χ3v) is 2.72. The first-order valence-corrected chi connectivity index (χ1v) is 6.16. The maximum Gasteiger partial charge on any atom is 0.217 e. The van der Waals surface area contributed by atoms with Gasteiger partial charge >= 0.3 is 0 Å². The molecule has 1 N–H and O–H groups in total. The lowest BCUT2D eigenvalue weighted by atomic mass is 9.84. The first-order chi connectivity index (χ1) is 8.30. The Morgan fingerprint density at radius 3 is 2.17 bits per heavy atom. The van der Waals surface area contributed by atoms with Gasteiger partial charge in [0.15, 0.2) is 5.78 Å². The highest BCUT2D eigenvalue weighted by atomic mass is 16.2. The highest BCUT2D eigenvalue weighted by molar-refractivity contribution is 5.92. The molecule has 1 unspecified atom stereocenters. The maximum absolute atomic E-state index is 12.3. The van der Waals surface area contributed by atoms with Crippen LogP contribution in [0.25, 0.3) is 0 Å². The zero-order valence-electron chi connectivity index (χ0n) is 11.5. The summed E-state index contributed by atoms with van der Waals surface area (Å²) in [5.74, 6) is -0.116. The lowest BCUT2D eigenvalue weighted by molar-refractivity contribution is -0.131. The van der Waals surface area contributed by atoms with E-state index in [0.717, 1.165) is 5.56 Å². The molecule has 0 saturated carbocycles. The molecule has 0 aliphatic carbocycles. The molecular formula is C15H21NO2. The van der Waals surface area contributed by atoms with Crippen molar-refractivity contribution >= 4 is 11.7 Å². The molecule has 1 amide bonds. The molecule has 1 atom stereocenters. The van der Waals surface area contributed by atoms with Gasteiger partial charge in [-0.2, -0.15) is 0 Å². The Morgan fingerprint density at radius 1 is 1.17 bits per heavy atom. The highest BCUT2D eigenvalue weighted by Crippen LogP contribution is 2.19. The van der Waals surface area contributed by atoms with Gasteiger partial charge in [-0.15, -0.1) is 0 Å². The van der Waals surface area contributed by atoms with Crippen molar-refractivity contribution < 1.29 is 9.59 Å². The van der Waals surface area contributed by atoms with E-state index in [9.17, 15) is 9.59 Å². The molecule has 3 nitrogen and oxygen atoms in total. The standard InChI is InChI=1S/C15H21NO2/c1-11(17)16-13(14(18)15(2,3)4)10-12-8-6-5-7-9-12/h5-9,13H,10H2,1-4H3,(H,16,17). The van der Waals surface area contributed by atoms with E-state index < -0.39 is 11.5 Å². The van der Waals surface area contributed by atoms with Gasteiger partial charge in [-0.25, -0.2) is 0 Å². The highest BCUT2D eigenvalue weighted by Gasteiger charge is 2.30. The number of rotatable bonds is 4. The molecule has 0 saturated heterocycles. The molecule has 0 heterocycles. The summed E-state index contributed by atoms with van der Waals surface area (Å²) in [5.41, 5.74) is 0.593. The minimum Gasteiger partial charge on any atom is -0.346 e. The van der Waals surface area contributed by atoms with Crippen LogP contribution in [0.4, 0.5) is 0 Å². The number of carbonyl (C=O) groups is 2. The molecule has 0 radical (unpaired) electrons. The summed E-state index contributed by atoms with van der Waals surface area (Å²) in [6, 6.07) is 9.27. The molecule has 0 spiro atoms. The van der Waals surface area contributed by atoms with Crippen LogP contribution in [0.1, 0.15) is 33.3 Å². The Labute approximate surface area is 109 Å². The fourth-order valence-electron chi connectivity index (χ4n) is 1.83. The lowest BCUT2D eigenvalue weighted by Gasteiger charge is -2.25. The second-order valence-corrected chi connectivity index (χ2v) is 5.56. The Morgan fingerprint density at radius 2 is 1.72 bits per heavy atom. The van der Waals surface area contributed by atoms with Gasteiger partial charge in [-0.1, -0.05) is 51.1 Å². The quantitative estimate of drug-likeness (QED) is 0.887. The monoisotopic (exact) mass is 247 g/mol. The van der Waals surface area contributed by atoms with Gasteiger partial charge in [0, 0.05) is 12.3 Å². The maximum atomic E-state index is 12.3. The van der Waals surface area contributed by atoms with Crippen molar-refractivity contribution in [3.8, 4) is 0 Å². The number of amides is 1. The predicted octanol–water partition coefficient (Wildman–Crippen LogP) is 2.35. The molecule has 0 aliphatic rings. The summed E-state index contributed by atoms with van der Waals surface area (Å²) in [6.07, 6.45) is 0.538. The van der Waals surface area contributed by atoms with Gasteiger partial charge in [0.2, 0.25) is 5.91 Å². The molecule has 0 aromatic heterocycles. The van der Waals surface area contributed by atoms with Crippen LogP contribution in [0.15, 0.2) is 30.3 Å². The smallest absolute Gasteiger partial charge is 0.217 e. The number of nitrogens with one attached hydrogen (secondary N) is 1. The first-order valence-electron chi connectivity index (χ1n) is 6.16. The second kappa shape index (κ2) is 5.80. The molecule has 0 fully saturated rings. The van der Waals surface area contributed by atoms with Crippen molar-refractivity contribution in [2.75, 3.05) is 0 Å². The third-order valence-electron chi connectivity index (χ3n) is 2.72. The van der Waals surface area contributed by atoms with Crippen LogP contribution in [0.5, 0.6) is 0 Å². The van der Waals surface area contributed by atoms with Gasteiger partial charge in [0.25, 0.3) is 0 Å². The predicted molar refractivity (Wildman–Crippen MR) is 72.2 cm³/mol. The molecule has 0 aliphatic heterocycles. The molecule has 1 rings (SSSR count). The van der Waals surface area contributed by atoms with E-state index in [4.69, 9.17) is 0 Å². The molecule has 1 aromatic rings. The number of ketones is 1. The summed E-state index contributed by atoms with van der Waals surface area (Å²) in [6.45, 7) is 7.05. The average molecular weight is 247 g/mol. The zero-order chi connectivity index (χ0) is 13.8. The van der Waals surface area contributed by atoms with E-state index in [0.29, 0.717) is 6.42 Å². The minimum atomic E-state index is -0.456. The molecule has 98 valence electrons. The summed E-state index contributed by atoms with van der Waals surface area (Å²) in [4.78, 5) is 23.5. The van der Waals surface area contributed by atoms with Crippen LogP contribution in [0.2, 0.25) is 0 Å². The van der Waals surface area contributed by atoms with E-state index in [-0.39, 0.29) is 11.7 Å². The van der Waals surface area contributed by atoms with Gasteiger partial charge in [0.1, 0.15) is 0 Å². The SMILES string of the molecule is CC(=O)NC(Cc1ccccc1)C(=O)C(C)(C)C. The third kappa shape index (κ3) is 4.32. The van der Waals surface area contributed by atoms with Crippen LogP contribution < -0.4 is 5.32 Å². The summed E-state index contributed by atoms with van der Waals surface area (Å²) in [7, 11) is 0. The number of hydrogen-bond donors (Lipinski definition) is 1. The number of benzene rings is 1. The second-order valence-electron chi connectivity index (χ2n) is 5.56. The van der Waals surface area contributed by atoms with Crippen LogP contribution in [-0.2, 0) is 16.0 Å². The van der Waals surface area contributed by atoms with Gasteiger partial charge in [0.05, 0.1) is 6.04 Å². The topological polar surface area (TPSA) is 46.2 Å². The zero-order valence-corrected chi connectivity index (χ0v) is 11.5. The van der Waals surface area contributed by atoms with E-state index in [1.54, 1.807) is 0 Å². The molecular weight excluding hydrogens is 226 g/mol. The van der Waals surface area contributed by atoms with E-state index in [2.05, 4.69) is 5.32 Å². The molecule has 3 heteroatoms. The van der Waals surface area contributed by atoms with Gasteiger partial charge in [-0.05, 0) is 12.0 Å². The van der Waals surface area contributed by atoms with Crippen molar-refractivity contribution in [2.45, 2.75) is 40.2 Å². The van der Waals surface area contributed by atoms with Gasteiger partial charge < -0.3 is 5.32 Å². The largest absolute Gasteiger partial charge is 0.346 e. The fourth-order valence-corrected chi connectivity index (χ4v) is 1.83. The average Bonchev–Trinajstić information content (AvgIpc) is 2.26. The number of hydrogen-bond acceptors (Lipinski definition) is 2. The lowest BCUT2D eigenvalue weighted by Crippen LogP contribution is -2.46. The molecule has 0 bridgehead atoms. The normalized spacial score (nSPS) is 12.9. The van der Waals surface area contributed by atoms with Crippen molar-refractivity contribution in [3.05, 3.63) is 35.9 Å². The van der Waals surface area contributed by atoms with Crippen molar-refractivity contribution in [1.82, 2.24) is 5.32 Å². The minimum absolute atomic E-state index is 0.0570. The molecule has 1 aromatic carbocycles. The first kappa shape index (κ1) is 14.4. The summed E-state index contributed by atoms with van der Waals surface area (Å²) < 4.78 is 0. The van der Waals surface area contributed by atoms with Crippen molar-refractivity contribution in [1.29, 1.82) is 0 Å². The summed E-state index contributed by atoms with van der Waals surface area (Å²) >= 11 is 0. The Kier molecular flexibility index (Phi) is 4.65. The van der Waals surface area contributed by atoms with Crippen molar-refractivity contribution in [2.24, 2.45) is 5.41 Å². The van der Waals surface area contributed by atoms with Crippen LogP contribution in [0.3, 0.4) is 0 Å². The van der Waals surface area contributed by atoms with Crippen molar-refractivity contribution in [3.63, 3.8) is 0 Å².